The van der Waals surface area contributed by atoms with Gasteiger partial charge in [-0.25, -0.2) is 33.7 Å². The molecule has 0 bridgehead atoms. The van der Waals surface area contributed by atoms with Crippen LogP contribution >= 0.6 is 11.8 Å². The van der Waals surface area contributed by atoms with Crippen LogP contribution in [0.4, 0.5) is 20.3 Å². The minimum absolute atomic E-state index is 0.0188. The van der Waals surface area contributed by atoms with Crippen molar-refractivity contribution in [3.8, 4) is 5.88 Å². The van der Waals surface area contributed by atoms with Gasteiger partial charge in [0.2, 0.25) is 17.7 Å². The van der Waals surface area contributed by atoms with Crippen LogP contribution < -0.4 is 15.8 Å². The third-order valence-corrected chi connectivity index (χ3v) is 7.59. The lowest BCUT2D eigenvalue weighted by atomic mass is 9.82. The summed E-state index contributed by atoms with van der Waals surface area (Å²) < 4.78 is 40.2. The number of nitrogens with zero attached hydrogens (tertiary/aromatic N) is 6. The number of amides is 1. The fourth-order valence-electron chi connectivity index (χ4n) is 4.57. The zero-order valence-corrected chi connectivity index (χ0v) is 23.9. The second kappa shape index (κ2) is 11.7. The Hall–Kier alpha value is -4.59. The molecule has 0 radical (unpaired) electrons. The molecule has 1 aliphatic heterocycles. The molecule has 0 saturated heterocycles. The number of nitrogens with two attached hydrogens (primary N) is 1. The third-order valence-electron chi connectivity index (χ3n) is 6.54. The topological polar surface area (TPSA) is 145 Å². The molecule has 42 heavy (non-hydrogen) atoms. The van der Waals surface area contributed by atoms with Gasteiger partial charge in [0, 0.05) is 42.4 Å². The Morgan fingerprint density at radius 1 is 1.26 bits per heavy atom. The molecule has 11 nitrogen and oxygen atoms in total. The number of ether oxygens (including phenoxy) is 1. The van der Waals surface area contributed by atoms with Gasteiger partial charge in [-0.2, -0.15) is 0 Å². The van der Waals surface area contributed by atoms with E-state index in [1.807, 2.05) is 6.92 Å². The second-order valence-electron chi connectivity index (χ2n) is 10.0. The molecule has 1 amide bonds. The number of aliphatic imine (C=N–C) groups is 1. The Morgan fingerprint density at radius 2 is 2.10 bits per heavy atom. The van der Waals surface area contributed by atoms with Crippen molar-refractivity contribution in [2.24, 2.45) is 10.7 Å². The number of hydrogen-bond acceptors (Lipinski definition) is 11. The average Bonchev–Trinajstić information content (AvgIpc) is 3.49. The molecule has 218 valence electrons. The first kappa shape index (κ1) is 28.9. The van der Waals surface area contributed by atoms with Gasteiger partial charge in [0.05, 0.1) is 17.9 Å². The van der Waals surface area contributed by atoms with Crippen LogP contribution in [0.2, 0.25) is 0 Å². The van der Waals surface area contributed by atoms with E-state index in [0.717, 1.165) is 0 Å². The predicted octanol–water partition coefficient (Wildman–Crippen LogP) is 4.49. The summed E-state index contributed by atoms with van der Waals surface area (Å²) in [6.07, 6.45) is 9.08. The number of carbonyl (C=O) groups excluding carboxylic acids is 1. The molecule has 4 aromatic rings. The van der Waals surface area contributed by atoms with Gasteiger partial charge in [-0.3, -0.25) is 4.79 Å². The second-order valence-corrected chi connectivity index (χ2v) is 11.6. The van der Waals surface area contributed by atoms with E-state index in [1.54, 1.807) is 32.4 Å². The lowest BCUT2D eigenvalue weighted by molar-refractivity contribution is -0.123. The molecular weight excluding hydrogens is 566 g/mol. The fourth-order valence-corrected chi connectivity index (χ4v) is 5.71. The van der Waals surface area contributed by atoms with E-state index in [9.17, 15) is 9.18 Å². The number of rotatable bonds is 9. The molecule has 2 atom stereocenters. The van der Waals surface area contributed by atoms with Crippen molar-refractivity contribution >= 4 is 45.4 Å². The lowest BCUT2D eigenvalue weighted by Gasteiger charge is -2.40. The molecule has 14 heteroatoms. The van der Waals surface area contributed by atoms with Crippen molar-refractivity contribution in [1.29, 1.82) is 0 Å². The first-order chi connectivity index (χ1) is 20.1. The summed E-state index contributed by atoms with van der Waals surface area (Å²) in [6.45, 7) is 0.892. The van der Waals surface area contributed by atoms with E-state index in [1.165, 1.54) is 59.6 Å². The molecule has 5 rings (SSSR count). The van der Waals surface area contributed by atoms with Crippen molar-refractivity contribution in [2.45, 2.75) is 30.2 Å². The number of oxazole rings is 1. The summed E-state index contributed by atoms with van der Waals surface area (Å²) in [5.41, 5.74) is 5.90. The minimum Gasteiger partial charge on any atom is -0.467 e. The smallest absolute Gasteiger partial charge is 0.245 e. The Kier molecular flexibility index (Phi) is 8.07. The van der Waals surface area contributed by atoms with Crippen LogP contribution in [0.15, 0.2) is 70.7 Å². The molecule has 0 unspecified atom stereocenters. The number of pyridine rings is 1. The Morgan fingerprint density at radius 3 is 2.83 bits per heavy atom. The number of anilines is 2. The molecule has 0 spiro atoms. The molecular formula is C28H28F2N8O3S. The number of halogens is 2. The maximum Gasteiger partial charge on any atom is 0.245 e. The van der Waals surface area contributed by atoms with Gasteiger partial charge in [-0.15, -0.1) is 0 Å². The number of thioether (sulfide) groups is 1. The van der Waals surface area contributed by atoms with Crippen molar-refractivity contribution in [1.82, 2.24) is 24.8 Å². The zero-order valence-electron chi connectivity index (χ0n) is 23.0. The monoisotopic (exact) mass is 594 g/mol. The fraction of sp³-hybridized carbons (Fsp3) is 0.286. The van der Waals surface area contributed by atoms with Crippen LogP contribution in [0.3, 0.4) is 0 Å². The SMILES string of the molecule is CN(C)C(=O)/C=C/[C@@]1(C)C[C@@](CF)(c2cc(Nc3nccc4nc(OCc5ncco5)cnc34)ccc2F)N=C(N)S1. The molecule has 4 heterocycles. The third kappa shape index (κ3) is 6.17. The number of fused-ring (bicyclic) bond motifs is 1. The van der Waals surface area contributed by atoms with Gasteiger partial charge in [0.25, 0.3) is 0 Å². The summed E-state index contributed by atoms with van der Waals surface area (Å²) in [4.78, 5) is 35.2. The standard InChI is InChI=1S/C28H28F2N8O3S/c1-27(8-6-23(39)38(2)3)15-28(16-29,37-26(31)42-27)18-12-17(4-5-19(18)30)35-25-24-20(7-9-33-25)36-21(13-34-24)41-14-22-32-10-11-40-22/h4-13H,14-16H2,1-3H3,(H2,31,37)(H,33,35)/b8-6+/t27-,28+/m0/s1. The predicted molar refractivity (Wildman–Crippen MR) is 156 cm³/mol. The highest BCUT2D eigenvalue weighted by atomic mass is 32.2. The van der Waals surface area contributed by atoms with Gasteiger partial charge in [0.15, 0.2) is 17.6 Å². The van der Waals surface area contributed by atoms with Crippen LogP contribution in [0, 0.1) is 5.82 Å². The van der Waals surface area contributed by atoms with E-state index >= 15 is 4.39 Å². The average molecular weight is 595 g/mol. The van der Waals surface area contributed by atoms with Crippen molar-refractivity contribution in [3.63, 3.8) is 0 Å². The van der Waals surface area contributed by atoms with Gasteiger partial charge in [0.1, 0.15) is 29.8 Å². The largest absolute Gasteiger partial charge is 0.467 e. The van der Waals surface area contributed by atoms with E-state index in [-0.39, 0.29) is 35.5 Å². The van der Waals surface area contributed by atoms with E-state index < -0.39 is 22.8 Å². The Bertz CT molecular complexity index is 1670. The van der Waals surface area contributed by atoms with E-state index in [0.29, 0.717) is 28.4 Å². The van der Waals surface area contributed by atoms with Crippen molar-refractivity contribution in [3.05, 3.63) is 78.5 Å². The van der Waals surface area contributed by atoms with Crippen LogP contribution in [0.5, 0.6) is 5.88 Å². The van der Waals surface area contributed by atoms with E-state index in [2.05, 4.69) is 30.2 Å². The summed E-state index contributed by atoms with van der Waals surface area (Å²) in [6, 6.07) is 5.90. The molecule has 1 aromatic carbocycles. The highest BCUT2D eigenvalue weighted by molar-refractivity contribution is 8.15. The number of carbonyl (C=O) groups is 1. The molecule has 3 N–H and O–H groups in total. The van der Waals surface area contributed by atoms with Gasteiger partial charge in [-0.05, 0) is 37.6 Å². The first-order valence-electron chi connectivity index (χ1n) is 12.8. The number of aromatic nitrogens is 4. The minimum atomic E-state index is -1.61. The normalized spacial score (nSPS) is 20.5. The summed E-state index contributed by atoms with van der Waals surface area (Å²) in [5, 5.41) is 3.23. The number of hydrogen-bond donors (Lipinski definition) is 2. The van der Waals surface area contributed by atoms with Crippen LogP contribution in [0.25, 0.3) is 11.0 Å². The number of amidine groups is 1. The van der Waals surface area contributed by atoms with Gasteiger partial charge in [-0.1, -0.05) is 17.8 Å². The van der Waals surface area contributed by atoms with Gasteiger partial charge < -0.3 is 25.1 Å². The molecule has 3 aromatic heterocycles. The zero-order chi connectivity index (χ0) is 29.9. The lowest BCUT2D eigenvalue weighted by Crippen LogP contribution is -2.43. The summed E-state index contributed by atoms with van der Waals surface area (Å²) in [5.74, 6) is 0.133. The number of likely N-dealkylation sites (N-methyl/N-ethyl adjacent to an activating group) is 1. The molecule has 0 aliphatic carbocycles. The highest BCUT2D eigenvalue weighted by Crippen LogP contribution is 2.47. The molecule has 0 saturated carbocycles. The van der Waals surface area contributed by atoms with Gasteiger partial charge >= 0.3 is 0 Å². The maximum absolute atomic E-state index is 15.3. The number of benzene rings is 1. The van der Waals surface area contributed by atoms with Crippen molar-refractivity contribution < 1.29 is 22.7 Å². The quantitative estimate of drug-likeness (QED) is 0.266. The summed E-state index contributed by atoms with van der Waals surface area (Å²) >= 11 is 1.19. The Balaban J connectivity index is 1.43. The van der Waals surface area contributed by atoms with E-state index in [4.69, 9.17) is 14.9 Å². The van der Waals surface area contributed by atoms with Crippen LogP contribution in [0.1, 0.15) is 24.8 Å². The van der Waals surface area contributed by atoms with Crippen LogP contribution in [-0.2, 0) is 16.9 Å². The van der Waals surface area contributed by atoms with Crippen molar-refractivity contribution in [2.75, 3.05) is 26.1 Å². The number of alkyl halides is 1. The first-order valence-corrected chi connectivity index (χ1v) is 13.6. The highest BCUT2D eigenvalue weighted by Gasteiger charge is 2.45. The number of nitrogens with one attached hydrogen (secondary N) is 1. The molecule has 0 fully saturated rings. The molecule has 1 aliphatic rings. The summed E-state index contributed by atoms with van der Waals surface area (Å²) in [7, 11) is 3.25. The van der Waals surface area contributed by atoms with Crippen LogP contribution in [-0.4, -0.2) is 61.4 Å². The Labute approximate surface area is 244 Å². The maximum atomic E-state index is 15.3.